The zero-order chi connectivity index (χ0) is 14.1. The first-order chi connectivity index (χ1) is 10.3. The first-order valence-electron chi connectivity index (χ1n) is 8.70. The number of benzene rings is 1. The molecular weight excluding hydrogens is 260 g/mol. The van der Waals surface area contributed by atoms with Crippen LogP contribution in [0.3, 0.4) is 0 Å². The number of hydrogen-bond acceptors (Lipinski definition) is 2. The van der Waals surface area contributed by atoms with Gasteiger partial charge in [-0.2, -0.15) is 0 Å². The van der Waals surface area contributed by atoms with Crippen molar-refractivity contribution in [2.24, 2.45) is 5.92 Å². The summed E-state index contributed by atoms with van der Waals surface area (Å²) in [6, 6.07) is 7.31. The molecule has 4 rings (SSSR count). The predicted molar refractivity (Wildman–Crippen MR) is 83.6 cm³/mol. The highest BCUT2D eigenvalue weighted by Gasteiger charge is 2.24. The molecule has 0 radical (unpaired) electrons. The summed E-state index contributed by atoms with van der Waals surface area (Å²) in [6.45, 7) is 1.96. The molecule has 0 spiro atoms. The van der Waals surface area contributed by atoms with Crippen molar-refractivity contribution in [3.63, 3.8) is 0 Å². The third-order valence-electron chi connectivity index (χ3n) is 4.97. The summed E-state index contributed by atoms with van der Waals surface area (Å²) >= 11 is 0. The number of aryl methyl sites for hydroxylation is 3. The molecular formula is C19H26O2. The molecule has 3 fully saturated rings. The Balaban J connectivity index is 1.40. The van der Waals surface area contributed by atoms with Gasteiger partial charge in [0.05, 0.1) is 25.4 Å². The Morgan fingerprint density at radius 1 is 0.714 bits per heavy atom. The molecule has 2 unspecified atom stereocenters. The quantitative estimate of drug-likeness (QED) is 0.647. The van der Waals surface area contributed by atoms with Crippen molar-refractivity contribution in [2.75, 3.05) is 13.2 Å². The first-order valence-corrected chi connectivity index (χ1v) is 8.70. The summed E-state index contributed by atoms with van der Waals surface area (Å²) in [6.07, 6.45) is 11.4. The lowest BCUT2D eigenvalue weighted by Gasteiger charge is -2.10. The van der Waals surface area contributed by atoms with E-state index in [4.69, 9.17) is 9.47 Å². The molecule has 2 atom stereocenters. The Morgan fingerprint density at radius 3 is 1.52 bits per heavy atom. The van der Waals surface area contributed by atoms with Gasteiger partial charge >= 0.3 is 0 Å². The third-order valence-corrected chi connectivity index (χ3v) is 4.97. The molecule has 1 aromatic carbocycles. The molecule has 3 aliphatic rings. The van der Waals surface area contributed by atoms with Crippen LogP contribution in [0.5, 0.6) is 0 Å². The molecule has 1 aliphatic carbocycles. The van der Waals surface area contributed by atoms with Gasteiger partial charge in [-0.05, 0) is 61.1 Å². The third kappa shape index (κ3) is 4.55. The van der Waals surface area contributed by atoms with Gasteiger partial charge in [0.15, 0.2) is 0 Å². The van der Waals surface area contributed by atoms with Crippen molar-refractivity contribution in [2.45, 2.75) is 63.6 Å². The monoisotopic (exact) mass is 286 g/mol. The SMILES string of the molecule is c1c(CCC2CC2)cc(CCC2CO2)cc1CCC1CO1. The maximum atomic E-state index is 5.35. The van der Waals surface area contributed by atoms with Crippen LogP contribution in [0.2, 0.25) is 0 Å². The molecule has 2 saturated heterocycles. The number of hydrogen-bond donors (Lipinski definition) is 0. The minimum absolute atomic E-state index is 0.545. The summed E-state index contributed by atoms with van der Waals surface area (Å²) < 4.78 is 10.7. The molecule has 1 saturated carbocycles. The maximum absolute atomic E-state index is 5.35. The van der Waals surface area contributed by atoms with Gasteiger partial charge in [0, 0.05) is 0 Å². The summed E-state index contributed by atoms with van der Waals surface area (Å²) in [5.74, 6) is 1.02. The van der Waals surface area contributed by atoms with Crippen molar-refractivity contribution in [3.05, 3.63) is 34.9 Å². The van der Waals surface area contributed by atoms with E-state index in [0.29, 0.717) is 12.2 Å². The minimum atomic E-state index is 0.545. The van der Waals surface area contributed by atoms with Crippen LogP contribution in [0.25, 0.3) is 0 Å². The van der Waals surface area contributed by atoms with E-state index >= 15 is 0 Å². The van der Waals surface area contributed by atoms with Crippen molar-refractivity contribution >= 4 is 0 Å². The topological polar surface area (TPSA) is 25.1 Å². The van der Waals surface area contributed by atoms with Crippen molar-refractivity contribution in [1.82, 2.24) is 0 Å². The van der Waals surface area contributed by atoms with Gasteiger partial charge in [-0.1, -0.05) is 31.0 Å². The Morgan fingerprint density at radius 2 is 1.14 bits per heavy atom. The van der Waals surface area contributed by atoms with E-state index in [9.17, 15) is 0 Å². The second-order valence-electron chi connectivity index (χ2n) is 7.13. The second-order valence-corrected chi connectivity index (χ2v) is 7.13. The lowest BCUT2D eigenvalue weighted by atomic mass is 9.96. The van der Waals surface area contributed by atoms with Crippen LogP contribution >= 0.6 is 0 Å². The van der Waals surface area contributed by atoms with Crippen LogP contribution in [-0.2, 0) is 28.7 Å². The number of epoxide rings is 2. The molecule has 21 heavy (non-hydrogen) atoms. The van der Waals surface area contributed by atoms with Crippen molar-refractivity contribution < 1.29 is 9.47 Å². The van der Waals surface area contributed by atoms with Gasteiger partial charge in [-0.15, -0.1) is 0 Å². The molecule has 0 N–H and O–H groups in total. The molecule has 2 nitrogen and oxygen atoms in total. The van der Waals surface area contributed by atoms with E-state index in [2.05, 4.69) is 18.2 Å². The standard InChI is InChI=1S/C19H26O2/c1-2-14(1)3-4-15-9-16(5-7-18-12-20-18)11-17(10-15)6-8-19-13-21-19/h9-11,14,18-19H,1-8,12-13H2. The van der Waals surface area contributed by atoms with Crippen LogP contribution in [0.1, 0.15) is 48.8 Å². The van der Waals surface area contributed by atoms with Crippen molar-refractivity contribution in [3.8, 4) is 0 Å². The van der Waals surface area contributed by atoms with Crippen molar-refractivity contribution in [1.29, 1.82) is 0 Å². The molecule has 0 amide bonds. The molecule has 0 aromatic heterocycles. The number of ether oxygens (including phenoxy) is 2. The van der Waals surface area contributed by atoms with Crippen LogP contribution in [0.15, 0.2) is 18.2 Å². The summed E-state index contributed by atoms with van der Waals surface area (Å²) in [4.78, 5) is 0. The highest BCUT2D eigenvalue weighted by atomic mass is 16.6. The van der Waals surface area contributed by atoms with Crippen LogP contribution in [0.4, 0.5) is 0 Å². The Bertz CT molecular complexity index is 401. The Labute approximate surface area is 127 Å². The summed E-state index contributed by atoms with van der Waals surface area (Å²) in [5.41, 5.74) is 4.60. The smallest absolute Gasteiger partial charge is 0.0813 e. The van der Waals surface area contributed by atoms with Gasteiger partial charge in [-0.25, -0.2) is 0 Å². The summed E-state index contributed by atoms with van der Waals surface area (Å²) in [7, 11) is 0. The van der Waals surface area contributed by atoms with E-state index in [1.54, 1.807) is 5.56 Å². The van der Waals surface area contributed by atoms with Gasteiger partial charge in [0.25, 0.3) is 0 Å². The molecule has 2 heteroatoms. The fourth-order valence-electron chi connectivity index (χ4n) is 3.17. The minimum Gasteiger partial charge on any atom is -0.373 e. The fraction of sp³-hybridized carbons (Fsp3) is 0.684. The van der Waals surface area contributed by atoms with E-state index in [1.807, 2.05) is 0 Å². The van der Waals surface area contributed by atoms with Crippen LogP contribution in [-0.4, -0.2) is 25.4 Å². The normalized spacial score (nSPS) is 26.9. The van der Waals surface area contributed by atoms with Gasteiger partial charge in [-0.3, -0.25) is 0 Å². The average Bonchev–Trinajstić information content (AvgIpc) is 3.38. The highest BCUT2D eigenvalue weighted by Crippen LogP contribution is 2.34. The zero-order valence-electron chi connectivity index (χ0n) is 12.9. The van der Waals surface area contributed by atoms with Crippen LogP contribution < -0.4 is 0 Å². The number of rotatable bonds is 9. The average molecular weight is 286 g/mol. The maximum Gasteiger partial charge on any atom is 0.0813 e. The Hall–Kier alpha value is -0.860. The zero-order valence-corrected chi connectivity index (χ0v) is 12.9. The van der Waals surface area contributed by atoms with Gasteiger partial charge in [0.1, 0.15) is 0 Å². The van der Waals surface area contributed by atoms with Gasteiger partial charge < -0.3 is 9.47 Å². The largest absolute Gasteiger partial charge is 0.373 e. The van der Waals surface area contributed by atoms with E-state index < -0.39 is 0 Å². The molecule has 0 bridgehead atoms. The van der Waals surface area contributed by atoms with E-state index in [0.717, 1.165) is 19.1 Å². The first kappa shape index (κ1) is 13.8. The highest BCUT2D eigenvalue weighted by molar-refractivity contribution is 5.31. The van der Waals surface area contributed by atoms with Gasteiger partial charge in [0.2, 0.25) is 0 Å². The molecule has 1 aromatic rings. The molecule has 114 valence electrons. The lowest BCUT2D eigenvalue weighted by molar-refractivity contribution is 0.396. The summed E-state index contributed by atoms with van der Waals surface area (Å²) in [5, 5.41) is 0. The predicted octanol–water partition coefficient (Wildman–Crippen LogP) is 3.69. The van der Waals surface area contributed by atoms with Crippen LogP contribution in [0, 0.1) is 5.92 Å². The second kappa shape index (κ2) is 6.10. The molecule has 2 aliphatic heterocycles. The molecule has 2 heterocycles. The van der Waals surface area contributed by atoms with E-state index in [1.165, 1.54) is 62.5 Å². The Kier molecular flexibility index (Phi) is 4.00. The van der Waals surface area contributed by atoms with E-state index in [-0.39, 0.29) is 0 Å². The lowest BCUT2D eigenvalue weighted by Crippen LogP contribution is -1.99. The fourth-order valence-corrected chi connectivity index (χ4v) is 3.17.